The minimum Gasteiger partial charge on any atom is -0.464 e. The number of halogens is 1. The highest BCUT2D eigenvalue weighted by Gasteiger charge is 2.34. The molecule has 1 fully saturated rings. The quantitative estimate of drug-likeness (QED) is 0.152. The lowest BCUT2D eigenvalue weighted by atomic mass is 9.91. The van der Waals surface area contributed by atoms with Gasteiger partial charge < -0.3 is 23.7 Å². The van der Waals surface area contributed by atoms with Crippen molar-refractivity contribution in [2.45, 2.75) is 91.5 Å². The van der Waals surface area contributed by atoms with Gasteiger partial charge in [0.05, 0.1) is 28.6 Å². The summed E-state index contributed by atoms with van der Waals surface area (Å²) < 4.78 is 20.5. The molecule has 51 heavy (non-hydrogen) atoms. The van der Waals surface area contributed by atoms with E-state index in [2.05, 4.69) is 6.20 Å². The van der Waals surface area contributed by atoms with E-state index in [0.717, 1.165) is 62.0 Å². The minimum atomic E-state index is -0.963. The number of nitrogens with zero attached hydrogens (tertiary/aromatic N) is 5. The molecule has 270 valence electrons. The zero-order chi connectivity index (χ0) is 36.8. The van der Waals surface area contributed by atoms with Gasteiger partial charge in [-0.15, -0.1) is 11.3 Å². The lowest BCUT2D eigenvalue weighted by molar-refractivity contribution is -0.166. The average molecular weight is 732 g/mol. The van der Waals surface area contributed by atoms with Crippen molar-refractivity contribution in [1.82, 2.24) is 24.4 Å². The van der Waals surface area contributed by atoms with Crippen LogP contribution >= 0.6 is 22.9 Å². The molecule has 1 amide bonds. The zero-order valence-corrected chi connectivity index (χ0v) is 32.4. The predicted octanol–water partition coefficient (Wildman–Crippen LogP) is 9.41. The van der Waals surface area contributed by atoms with Gasteiger partial charge in [-0.2, -0.15) is 0 Å². The molecule has 0 N–H and O–H groups in total. The van der Waals surface area contributed by atoms with Gasteiger partial charge in [0.15, 0.2) is 11.8 Å². The van der Waals surface area contributed by atoms with Crippen molar-refractivity contribution in [2.24, 2.45) is 7.05 Å². The van der Waals surface area contributed by atoms with Crippen molar-refractivity contribution in [3.8, 4) is 21.8 Å². The number of amides is 1. The first kappa shape index (κ1) is 36.7. The van der Waals surface area contributed by atoms with Gasteiger partial charge in [-0.3, -0.25) is 0 Å². The van der Waals surface area contributed by atoms with Crippen LogP contribution < -0.4 is 0 Å². The third kappa shape index (κ3) is 7.90. The first-order chi connectivity index (χ1) is 24.0. The fraction of sp³-hybridized carbons (Fsp3) is 0.462. The van der Waals surface area contributed by atoms with E-state index in [1.54, 1.807) is 18.0 Å². The largest absolute Gasteiger partial charge is 0.464 e. The lowest BCUT2D eigenvalue weighted by Gasteiger charge is -2.33. The van der Waals surface area contributed by atoms with Gasteiger partial charge >= 0.3 is 12.1 Å². The normalized spacial score (nSPS) is 15.1. The van der Waals surface area contributed by atoms with E-state index in [4.69, 9.17) is 40.8 Å². The number of thiazole rings is 1. The van der Waals surface area contributed by atoms with Crippen molar-refractivity contribution in [3.63, 3.8) is 0 Å². The Morgan fingerprint density at radius 2 is 1.73 bits per heavy atom. The van der Waals surface area contributed by atoms with E-state index in [0.29, 0.717) is 28.8 Å². The number of esters is 1. The summed E-state index contributed by atoms with van der Waals surface area (Å²) in [7, 11) is 1.98. The maximum atomic E-state index is 13.5. The molecule has 0 saturated carbocycles. The highest BCUT2D eigenvalue weighted by atomic mass is 35.5. The number of ether oxygens (including phenoxy) is 3. The van der Waals surface area contributed by atoms with Crippen molar-refractivity contribution >= 4 is 56.4 Å². The summed E-state index contributed by atoms with van der Waals surface area (Å²) in [6.45, 7) is 16.7. The molecule has 1 aliphatic heterocycles. The molecular formula is C39H46ClN5O5S. The maximum Gasteiger partial charge on any atom is 0.410 e. The molecular weight excluding hydrogens is 686 g/mol. The number of piperidine rings is 1. The lowest BCUT2D eigenvalue weighted by Crippen LogP contribution is -2.41. The SMILES string of the molecule is CCOC(=O)[C@@H](OC(C)(C)C)c1c(C)cc2nc(-c3cnc4c(n3)c(C3CCN(C(=O)OC(C)(C)C)CC3)cn4C)sc2c1-c1ccc(Cl)cc1. The Kier molecular flexibility index (Phi) is 10.2. The molecule has 2 aromatic carbocycles. The summed E-state index contributed by atoms with van der Waals surface area (Å²) in [5.74, 6) is -0.226. The number of aryl methyl sites for hydroxylation is 2. The fourth-order valence-electron chi connectivity index (χ4n) is 6.62. The Morgan fingerprint density at radius 3 is 2.35 bits per heavy atom. The van der Waals surface area contributed by atoms with E-state index >= 15 is 0 Å². The molecule has 0 spiro atoms. The summed E-state index contributed by atoms with van der Waals surface area (Å²) in [6.07, 6.45) is 4.25. The van der Waals surface area contributed by atoms with Gasteiger partial charge in [-0.05, 0) is 103 Å². The van der Waals surface area contributed by atoms with Gasteiger partial charge in [-0.25, -0.2) is 24.5 Å². The van der Waals surface area contributed by atoms with E-state index in [1.807, 2.05) is 90.4 Å². The number of likely N-dealkylation sites (tertiary alicyclic amines) is 1. The van der Waals surface area contributed by atoms with Crippen LogP contribution in [-0.2, 0) is 26.1 Å². The highest BCUT2D eigenvalue weighted by Crippen LogP contribution is 2.45. The molecule has 5 aromatic rings. The Hall–Kier alpha value is -4.06. The van der Waals surface area contributed by atoms with Crippen LogP contribution in [0.4, 0.5) is 4.79 Å². The fourth-order valence-corrected chi connectivity index (χ4v) is 7.83. The molecule has 0 unspecified atom stereocenters. The predicted molar refractivity (Wildman–Crippen MR) is 202 cm³/mol. The van der Waals surface area contributed by atoms with Crippen LogP contribution in [0.15, 0.2) is 42.7 Å². The molecule has 0 bridgehead atoms. The number of carbonyl (C=O) groups is 2. The molecule has 10 nitrogen and oxygen atoms in total. The zero-order valence-electron chi connectivity index (χ0n) is 30.8. The molecule has 4 heterocycles. The maximum absolute atomic E-state index is 13.5. The summed E-state index contributed by atoms with van der Waals surface area (Å²) in [6, 6.07) is 9.59. The summed E-state index contributed by atoms with van der Waals surface area (Å²) in [4.78, 5) is 43.2. The minimum absolute atomic E-state index is 0.219. The number of fused-ring (bicyclic) bond motifs is 2. The van der Waals surface area contributed by atoms with Crippen LogP contribution in [0.3, 0.4) is 0 Å². The molecule has 3 aromatic heterocycles. The summed E-state index contributed by atoms with van der Waals surface area (Å²) >= 11 is 7.83. The van der Waals surface area contributed by atoms with Crippen molar-refractivity contribution < 1.29 is 23.8 Å². The van der Waals surface area contributed by atoms with Crippen LogP contribution in [0.5, 0.6) is 0 Å². The Bertz CT molecular complexity index is 2090. The smallest absolute Gasteiger partial charge is 0.410 e. The Balaban J connectivity index is 1.43. The van der Waals surface area contributed by atoms with Gasteiger partial charge in [0.1, 0.15) is 21.8 Å². The first-order valence-electron chi connectivity index (χ1n) is 17.4. The van der Waals surface area contributed by atoms with E-state index in [-0.39, 0.29) is 18.6 Å². The number of rotatable bonds is 7. The number of benzene rings is 2. The molecule has 1 atom stereocenters. The van der Waals surface area contributed by atoms with Gasteiger partial charge in [0.25, 0.3) is 0 Å². The second-order valence-corrected chi connectivity index (χ2v) is 16.5. The average Bonchev–Trinajstić information content (AvgIpc) is 3.63. The molecule has 6 rings (SSSR count). The Morgan fingerprint density at radius 1 is 1.04 bits per heavy atom. The number of hydrogen-bond acceptors (Lipinski definition) is 9. The van der Waals surface area contributed by atoms with Gasteiger partial charge in [0.2, 0.25) is 0 Å². The second kappa shape index (κ2) is 14.2. The molecule has 12 heteroatoms. The van der Waals surface area contributed by atoms with Gasteiger partial charge in [-0.1, -0.05) is 23.7 Å². The van der Waals surface area contributed by atoms with Crippen molar-refractivity contribution in [2.75, 3.05) is 19.7 Å². The monoisotopic (exact) mass is 731 g/mol. The second-order valence-electron chi connectivity index (χ2n) is 15.1. The van der Waals surface area contributed by atoms with Crippen molar-refractivity contribution in [3.05, 3.63) is 64.4 Å². The van der Waals surface area contributed by atoms with Crippen LogP contribution in [0.1, 0.15) is 90.0 Å². The third-order valence-electron chi connectivity index (χ3n) is 8.79. The van der Waals surface area contributed by atoms with Crippen LogP contribution in [0.25, 0.3) is 43.2 Å². The molecule has 1 aliphatic rings. The molecule has 0 radical (unpaired) electrons. The third-order valence-corrected chi connectivity index (χ3v) is 10.2. The summed E-state index contributed by atoms with van der Waals surface area (Å²) in [5.41, 5.74) is 6.35. The van der Waals surface area contributed by atoms with Gasteiger partial charge in [0, 0.05) is 48.0 Å². The standard InChI is InChI=1S/C39H46ClN5O5S/c1-10-48-36(46)32(49-38(3,4)5)29-22(2)19-27-33(30(29)24-11-13-25(40)14-12-24)51-35(43-27)28-20-41-34-31(42-28)26(21-44(34)9)23-15-17-45(18-16-23)37(47)50-39(6,7)8/h11-14,19-21,23,32H,10,15-18H2,1-9H3/t32-/m0/s1. The van der Waals surface area contributed by atoms with Crippen molar-refractivity contribution in [1.29, 1.82) is 0 Å². The summed E-state index contributed by atoms with van der Waals surface area (Å²) in [5, 5.41) is 1.32. The first-order valence-corrected chi connectivity index (χ1v) is 18.6. The van der Waals surface area contributed by atoms with Crippen LogP contribution in [-0.4, -0.2) is 67.4 Å². The molecule has 0 aliphatic carbocycles. The topological polar surface area (TPSA) is 109 Å². The number of carbonyl (C=O) groups excluding carboxylic acids is 2. The number of aromatic nitrogens is 4. The van der Waals surface area contributed by atoms with E-state index in [9.17, 15) is 9.59 Å². The van der Waals surface area contributed by atoms with Crippen LogP contribution in [0.2, 0.25) is 5.02 Å². The van der Waals surface area contributed by atoms with Crippen LogP contribution in [0, 0.1) is 6.92 Å². The van der Waals surface area contributed by atoms with E-state index in [1.165, 1.54) is 11.3 Å². The van der Waals surface area contributed by atoms with E-state index < -0.39 is 23.3 Å². The Labute approximate surface area is 308 Å². The number of hydrogen-bond donors (Lipinski definition) is 0. The molecule has 1 saturated heterocycles. The highest BCUT2D eigenvalue weighted by molar-refractivity contribution is 7.22.